The van der Waals surface area contributed by atoms with Crippen molar-refractivity contribution < 1.29 is 19.1 Å². The summed E-state index contributed by atoms with van der Waals surface area (Å²) in [7, 11) is 3.11. The average molecular weight is 334 g/mol. The SMILES string of the molecule is COc1ccc(NC(=O)N2CCN3CCNC(=O)[C@H]3C2)cc1OC. The number of hydrogen-bond donors (Lipinski definition) is 2. The molecule has 2 N–H and O–H groups in total. The number of methoxy groups -OCH3 is 2. The highest BCUT2D eigenvalue weighted by atomic mass is 16.5. The van der Waals surface area contributed by atoms with Gasteiger partial charge in [0.1, 0.15) is 6.04 Å². The Labute approximate surface area is 140 Å². The van der Waals surface area contributed by atoms with Gasteiger partial charge in [0.05, 0.1) is 14.2 Å². The van der Waals surface area contributed by atoms with Crippen LogP contribution < -0.4 is 20.1 Å². The maximum Gasteiger partial charge on any atom is 0.321 e. The molecule has 0 spiro atoms. The summed E-state index contributed by atoms with van der Waals surface area (Å²) in [6.45, 7) is 3.21. The molecule has 3 amide bonds. The number of amides is 3. The van der Waals surface area contributed by atoms with E-state index in [2.05, 4.69) is 15.5 Å². The monoisotopic (exact) mass is 334 g/mol. The molecule has 130 valence electrons. The minimum Gasteiger partial charge on any atom is -0.493 e. The molecular weight excluding hydrogens is 312 g/mol. The zero-order valence-electron chi connectivity index (χ0n) is 13.9. The molecule has 8 nitrogen and oxygen atoms in total. The Morgan fingerprint density at radius 3 is 2.75 bits per heavy atom. The number of urea groups is 1. The second kappa shape index (κ2) is 6.96. The number of nitrogens with zero attached hydrogens (tertiary/aromatic N) is 2. The molecule has 24 heavy (non-hydrogen) atoms. The van der Waals surface area contributed by atoms with E-state index >= 15 is 0 Å². The van der Waals surface area contributed by atoms with Crippen LogP contribution in [0.25, 0.3) is 0 Å². The lowest BCUT2D eigenvalue weighted by Crippen LogP contribution is -2.64. The van der Waals surface area contributed by atoms with Crippen LogP contribution >= 0.6 is 0 Å². The van der Waals surface area contributed by atoms with Crippen LogP contribution in [-0.2, 0) is 4.79 Å². The van der Waals surface area contributed by atoms with Crippen LogP contribution in [0.2, 0.25) is 0 Å². The summed E-state index contributed by atoms with van der Waals surface area (Å²) in [4.78, 5) is 28.3. The van der Waals surface area contributed by atoms with E-state index in [4.69, 9.17) is 9.47 Å². The Kier molecular flexibility index (Phi) is 4.75. The number of ether oxygens (including phenoxy) is 2. The Hall–Kier alpha value is -2.48. The smallest absolute Gasteiger partial charge is 0.321 e. The fraction of sp³-hybridized carbons (Fsp3) is 0.500. The number of benzene rings is 1. The highest BCUT2D eigenvalue weighted by Crippen LogP contribution is 2.29. The van der Waals surface area contributed by atoms with Crippen LogP contribution in [0.4, 0.5) is 10.5 Å². The van der Waals surface area contributed by atoms with Crippen LogP contribution in [0.5, 0.6) is 11.5 Å². The molecule has 1 atom stereocenters. The van der Waals surface area contributed by atoms with Crippen LogP contribution in [0.15, 0.2) is 18.2 Å². The van der Waals surface area contributed by atoms with E-state index < -0.39 is 0 Å². The number of anilines is 1. The van der Waals surface area contributed by atoms with Crippen LogP contribution in [0.1, 0.15) is 0 Å². The highest BCUT2D eigenvalue weighted by Gasteiger charge is 2.36. The first kappa shape index (κ1) is 16.4. The molecule has 0 aromatic heterocycles. The normalized spacial score (nSPS) is 20.8. The molecule has 0 saturated carbocycles. The maximum atomic E-state index is 12.5. The van der Waals surface area contributed by atoms with Gasteiger partial charge in [0, 0.05) is 44.5 Å². The number of carbonyl (C=O) groups is 2. The first-order valence-corrected chi connectivity index (χ1v) is 7.92. The topological polar surface area (TPSA) is 83.1 Å². The first-order valence-electron chi connectivity index (χ1n) is 7.92. The molecule has 2 saturated heterocycles. The predicted molar refractivity (Wildman–Crippen MR) is 88.5 cm³/mol. The van der Waals surface area contributed by atoms with E-state index in [1.807, 2.05) is 0 Å². The molecule has 0 radical (unpaired) electrons. The number of rotatable bonds is 3. The van der Waals surface area contributed by atoms with Crippen LogP contribution in [-0.4, -0.2) is 74.7 Å². The van der Waals surface area contributed by atoms with E-state index in [-0.39, 0.29) is 18.0 Å². The molecule has 3 rings (SSSR count). The minimum atomic E-state index is -0.261. The van der Waals surface area contributed by atoms with Gasteiger partial charge >= 0.3 is 6.03 Å². The molecule has 1 aromatic carbocycles. The number of piperazine rings is 2. The van der Waals surface area contributed by atoms with E-state index in [9.17, 15) is 9.59 Å². The zero-order valence-corrected chi connectivity index (χ0v) is 13.9. The summed E-state index contributed by atoms with van der Waals surface area (Å²) in [5, 5.41) is 5.70. The van der Waals surface area contributed by atoms with Crippen molar-refractivity contribution in [2.75, 3.05) is 52.3 Å². The third-order valence-electron chi connectivity index (χ3n) is 4.41. The third-order valence-corrected chi connectivity index (χ3v) is 4.41. The Morgan fingerprint density at radius 2 is 2.00 bits per heavy atom. The highest BCUT2D eigenvalue weighted by molar-refractivity contribution is 5.91. The van der Waals surface area contributed by atoms with Crippen molar-refractivity contribution in [3.05, 3.63) is 18.2 Å². The Morgan fingerprint density at radius 1 is 1.21 bits per heavy atom. The molecular formula is C16H22N4O4. The number of nitrogens with one attached hydrogen (secondary N) is 2. The van der Waals surface area contributed by atoms with Crippen molar-refractivity contribution in [2.45, 2.75) is 6.04 Å². The quantitative estimate of drug-likeness (QED) is 0.833. The van der Waals surface area contributed by atoms with E-state index in [0.29, 0.717) is 43.4 Å². The second-order valence-electron chi connectivity index (χ2n) is 5.79. The van der Waals surface area contributed by atoms with Crippen molar-refractivity contribution in [1.29, 1.82) is 0 Å². The summed E-state index contributed by atoms with van der Waals surface area (Å²) in [6, 6.07) is 4.72. The average Bonchev–Trinajstić information content (AvgIpc) is 2.61. The van der Waals surface area contributed by atoms with Gasteiger partial charge in [-0.2, -0.15) is 0 Å². The number of carbonyl (C=O) groups excluding carboxylic acids is 2. The van der Waals surface area contributed by atoms with E-state index in [0.717, 1.165) is 6.54 Å². The molecule has 1 aromatic rings. The summed E-state index contributed by atoms with van der Waals surface area (Å²) >= 11 is 0. The molecule has 0 bridgehead atoms. The minimum absolute atomic E-state index is 0.00938. The lowest BCUT2D eigenvalue weighted by atomic mass is 10.1. The van der Waals surface area contributed by atoms with Gasteiger partial charge in [-0.25, -0.2) is 4.79 Å². The van der Waals surface area contributed by atoms with Gasteiger partial charge in [-0.1, -0.05) is 0 Å². The number of hydrogen-bond acceptors (Lipinski definition) is 5. The lowest BCUT2D eigenvalue weighted by Gasteiger charge is -2.42. The molecule has 2 aliphatic heterocycles. The predicted octanol–water partition coefficient (Wildman–Crippen LogP) is 0.352. The second-order valence-corrected chi connectivity index (χ2v) is 5.79. The molecule has 8 heteroatoms. The summed E-state index contributed by atoms with van der Waals surface area (Å²) in [5.74, 6) is 1.14. The van der Waals surface area contributed by atoms with Crippen LogP contribution in [0.3, 0.4) is 0 Å². The summed E-state index contributed by atoms with van der Waals surface area (Å²) < 4.78 is 10.4. The molecule has 0 unspecified atom stereocenters. The summed E-state index contributed by atoms with van der Waals surface area (Å²) in [6.07, 6.45) is 0. The van der Waals surface area contributed by atoms with E-state index in [1.54, 1.807) is 37.3 Å². The van der Waals surface area contributed by atoms with Crippen molar-refractivity contribution >= 4 is 17.6 Å². The van der Waals surface area contributed by atoms with Crippen molar-refractivity contribution in [3.8, 4) is 11.5 Å². The van der Waals surface area contributed by atoms with Gasteiger partial charge in [-0.3, -0.25) is 9.69 Å². The standard InChI is InChI=1S/C16H22N4O4/c1-23-13-4-3-11(9-14(13)24-2)18-16(22)20-8-7-19-6-5-17-15(21)12(19)10-20/h3-4,9,12H,5-8,10H2,1-2H3,(H,17,21)(H,18,22)/t12-/m1/s1. The summed E-state index contributed by atoms with van der Waals surface area (Å²) in [5.41, 5.74) is 0.619. The lowest BCUT2D eigenvalue weighted by molar-refractivity contribution is -0.131. The van der Waals surface area contributed by atoms with Crippen molar-refractivity contribution in [3.63, 3.8) is 0 Å². The van der Waals surface area contributed by atoms with Gasteiger partial charge in [-0.05, 0) is 12.1 Å². The molecule has 2 heterocycles. The molecule has 0 aliphatic carbocycles. The largest absolute Gasteiger partial charge is 0.493 e. The van der Waals surface area contributed by atoms with E-state index in [1.165, 1.54) is 0 Å². The number of fused-ring (bicyclic) bond motifs is 1. The Balaban J connectivity index is 1.66. The van der Waals surface area contributed by atoms with Gasteiger partial charge in [0.15, 0.2) is 11.5 Å². The van der Waals surface area contributed by atoms with Gasteiger partial charge in [-0.15, -0.1) is 0 Å². The fourth-order valence-electron chi connectivity index (χ4n) is 3.08. The van der Waals surface area contributed by atoms with Crippen LogP contribution in [0, 0.1) is 0 Å². The third kappa shape index (κ3) is 3.23. The molecule has 2 fully saturated rings. The van der Waals surface area contributed by atoms with Gasteiger partial charge in [0.25, 0.3) is 0 Å². The van der Waals surface area contributed by atoms with Crippen molar-refractivity contribution in [1.82, 2.24) is 15.1 Å². The molecule has 2 aliphatic rings. The van der Waals surface area contributed by atoms with Gasteiger partial charge in [0.2, 0.25) is 5.91 Å². The maximum absolute atomic E-state index is 12.5. The van der Waals surface area contributed by atoms with Gasteiger partial charge < -0.3 is 25.0 Å². The van der Waals surface area contributed by atoms with Crippen molar-refractivity contribution in [2.24, 2.45) is 0 Å². The first-order chi connectivity index (χ1) is 11.6. The zero-order chi connectivity index (χ0) is 17.1. The Bertz CT molecular complexity index is 637. The fourth-order valence-corrected chi connectivity index (χ4v) is 3.08.